The van der Waals surface area contributed by atoms with Crippen molar-refractivity contribution in [2.45, 2.75) is 63.8 Å². The van der Waals surface area contributed by atoms with Crippen molar-refractivity contribution in [3.8, 4) is 11.1 Å². The summed E-state index contributed by atoms with van der Waals surface area (Å²) in [6.45, 7) is 3.78. The number of aliphatic carboxylic acids is 1. The lowest BCUT2D eigenvalue weighted by molar-refractivity contribution is -0.147. The number of nitrogens with one attached hydrogen (secondary N) is 2. The van der Waals surface area contributed by atoms with E-state index in [1.54, 1.807) is 13.8 Å². The number of fused-ring (bicyclic) bond motifs is 3. The summed E-state index contributed by atoms with van der Waals surface area (Å²) in [4.78, 5) is 36.8. The second-order valence-electron chi connectivity index (χ2n) is 10.4. The van der Waals surface area contributed by atoms with Crippen LogP contribution in [-0.4, -0.2) is 41.8 Å². The Morgan fingerprint density at radius 1 is 1.00 bits per heavy atom. The van der Waals surface area contributed by atoms with Crippen molar-refractivity contribution in [1.82, 2.24) is 10.6 Å². The maximum atomic E-state index is 12.9. The molecule has 0 spiro atoms. The summed E-state index contributed by atoms with van der Waals surface area (Å²) in [7, 11) is 0. The lowest BCUT2D eigenvalue weighted by atomic mass is 9.89. The molecule has 2 aliphatic carbocycles. The average Bonchev–Trinajstić information content (AvgIpc) is 3.40. The van der Waals surface area contributed by atoms with E-state index in [-0.39, 0.29) is 31.4 Å². The molecule has 4 rings (SSSR count). The minimum absolute atomic E-state index is 0.0198. The van der Waals surface area contributed by atoms with Gasteiger partial charge in [0.05, 0.1) is 11.0 Å². The van der Waals surface area contributed by atoms with Gasteiger partial charge >= 0.3 is 12.1 Å². The molecule has 1 fully saturated rings. The van der Waals surface area contributed by atoms with Crippen LogP contribution in [-0.2, 0) is 14.3 Å². The van der Waals surface area contributed by atoms with Crippen molar-refractivity contribution in [3.63, 3.8) is 0 Å². The zero-order valence-electron chi connectivity index (χ0n) is 20.4. The van der Waals surface area contributed by atoms with Crippen LogP contribution >= 0.6 is 0 Å². The van der Waals surface area contributed by atoms with Crippen molar-refractivity contribution in [2.75, 3.05) is 13.2 Å². The molecule has 0 bridgehead atoms. The van der Waals surface area contributed by atoms with Gasteiger partial charge in [-0.3, -0.25) is 9.59 Å². The van der Waals surface area contributed by atoms with Crippen LogP contribution in [0.2, 0.25) is 0 Å². The van der Waals surface area contributed by atoms with Gasteiger partial charge in [-0.2, -0.15) is 0 Å². The standard InChI is InChI=1S/C28H34N2O5/c1-27(2,25(32)33)15-16-29-24(31)17-28(13-7-8-14-28)30-26(34)35-18-23-21-11-5-3-9-19(21)20-10-4-6-12-22(20)23/h3-6,9-12,23H,7-8,13-18H2,1-2H3,(H,29,31)(H,30,34)(H,32,33). The lowest BCUT2D eigenvalue weighted by Crippen LogP contribution is -2.50. The first kappa shape index (κ1) is 24.8. The van der Waals surface area contributed by atoms with E-state index in [1.165, 1.54) is 11.1 Å². The van der Waals surface area contributed by atoms with E-state index in [0.29, 0.717) is 19.3 Å². The zero-order valence-corrected chi connectivity index (χ0v) is 20.4. The first-order valence-electron chi connectivity index (χ1n) is 12.3. The van der Waals surface area contributed by atoms with Crippen LogP contribution < -0.4 is 10.6 Å². The molecule has 7 nitrogen and oxygen atoms in total. The summed E-state index contributed by atoms with van der Waals surface area (Å²) < 4.78 is 5.71. The molecule has 0 aliphatic heterocycles. The Hall–Kier alpha value is -3.35. The van der Waals surface area contributed by atoms with Crippen LogP contribution in [0.25, 0.3) is 11.1 Å². The van der Waals surface area contributed by atoms with E-state index in [1.807, 2.05) is 24.3 Å². The third-order valence-corrected chi connectivity index (χ3v) is 7.42. The van der Waals surface area contributed by atoms with E-state index >= 15 is 0 Å². The van der Waals surface area contributed by atoms with Gasteiger partial charge in [0, 0.05) is 18.9 Å². The molecule has 2 aromatic carbocycles. The molecule has 35 heavy (non-hydrogen) atoms. The first-order chi connectivity index (χ1) is 16.7. The first-order valence-corrected chi connectivity index (χ1v) is 12.3. The molecular weight excluding hydrogens is 444 g/mol. The highest BCUT2D eigenvalue weighted by Crippen LogP contribution is 2.44. The van der Waals surface area contributed by atoms with E-state index in [2.05, 4.69) is 34.9 Å². The monoisotopic (exact) mass is 478 g/mol. The van der Waals surface area contributed by atoms with Crippen molar-refractivity contribution in [1.29, 1.82) is 0 Å². The predicted molar refractivity (Wildman–Crippen MR) is 133 cm³/mol. The smallest absolute Gasteiger partial charge is 0.407 e. The number of benzene rings is 2. The number of carboxylic acid groups (broad SMARTS) is 1. The molecule has 0 radical (unpaired) electrons. The molecule has 1 saturated carbocycles. The summed E-state index contributed by atoms with van der Waals surface area (Å²) in [5, 5.41) is 15.1. The lowest BCUT2D eigenvalue weighted by Gasteiger charge is -2.30. The average molecular weight is 479 g/mol. The number of carbonyl (C=O) groups excluding carboxylic acids is 2. The van der Waals surface area contributed by atoms with Crippen LogP contribution in [0, 0.1) is 5.41 Å². The van der Waals surface area contributed by atoms with E-state index in [0.717, 1.165) is 24.0 Å². The number of hydrogen-bond acceptors (Lipinski definition) is 4. The number of rotatable bonds is 9. The second kappa shape index (κ2) is 10.1. The highest BCUT2D eigenvalue weighted by molar-refractivity contribution is 5.80. The molecule has 0 heterocycles. The minimum atomic E-state index is -0.905. The fourth-order valence-corrected chi connectivity index (χ4v) is 5.24. The molecule has 0 unspecified atom stereocenters. The van der Waals surface area contributed by atoms with Crippen LogP contribution in [0.4, 0.5) is 4.79 Å². The van der Waals surface area contributed by atoms with Crippen LogP contribution in [0.1, 0.15) is 69.4 Å². The number of hydrogen-bond donors (Lipinski definition) is 3. The van der Waals surface area contributed by atoms with Gasteiger partial charge in [-0.25, -0.2) is 4.79 Å². The molecule has 2 amide bonds. The topological polar surface area (TPSA) is 105 Å². The summed E-state index contributed by atoms with van der Waals surface area (Å²) in [6.07, 6.45) is 3.28. The van der Waals surface area contributed by atoms with Gasteiger partial charge in [-0.05, 0) is 55.4 Å². The number of carbonyl (C=O) groups is 3. The summed E-state index contributed by atoms with van der Waals surface area (Å²) >= 11 is 0. The largest absolute Gasteiger partial charge is 0.481 e. The van der Waals surface area contributed by atoms with Crippen molar-refractivity contribution >= 4 is 18.0 Å². The zero-order chi connectivity index (χ0) is 25.1. The van der Waals surface area contributed by atoms with E-state index in [9.17, 15) is 19.5 Å². The molecule has 3 N–H and O–H groups in total. The third-order valence-electron chi connectivity index (χ3n) is 7.42. The fourth-order valence-electron chi connectivity index (χ4n) is 5.24. The highest BCUT2D eigenvalue weighted by atomic mass is 16.5. The van der Waals surface area contributed by atoms with Crippen LogP contribution in [0.15, 0.2) is 48.5 Å². The van der Waals surface area contributed by atoms with Crippen molar-refractivity contribution in [2.24, 2.45) is 5.41 Å². The van der Waals surface area contributed by atoms with E-state index in [4.69, 9.17) is 4.74 Å². The number of alkyl carbamates (subject to hydrolysis) is 1. The summed E-state index contributed by atoms with van der Waals surface area (Å²) in [5.74, 6) is -1.10. The Bertz CT molecular complexity index is 1060. The van der Waals surface area contributed by atoms with Crippen LogP contribution in [0.3, 0.4) is 0 Å². The second-order valence-corrected chi connectivity index (χ2v) is 10.4. The van der Waals surface area contributed by atoms with Crippen LogP contribution in [0.5, 0.6) is 0 Å². The number of carboxylic acids is 1. The maximum Gasteiger partial charge on any atom is 0.407 e. The quantitative estimate of drug-likeness (QED) is 0.478. The molecule has 0 atom stereocenters. The van der Waals surface area contributed by atoms with Gasteiger partial charge in [0.15, 0.2) is 0 Å². The highest BCUT2D eigenvalue weighted by Gasteiger charge is 2.38. The molecule has 0 saturated heterocycles. The Balaban J connectivity index is 1.34. The Kier molecular flexibility index (Phi) is 7.15. The minimum Gasteiger partial charge on any atom is -0.481 e. The predicted octanol–water partition coefficient (Wildman–Crippen LogP) is 4.85. The third kappa shape index (κ3) is 5.50. The molecule has 2 aliphatic rings. The number of ether oxygens (including phenoxy) is 1. The van der Waals surface area contributed by atoms with Gasteiger partial charge in [-0.1, -0.05) is 61.4 Å². The van der Waals surface area contributed by atoms with Crippen molar-refractivity contribution in [3.05, 3.63) is 59.7 Å². The Morgan fingerprint density at radius 2 is 1.57 bits per heavy atom. The maximum absolute atomic E-state index is 12.9. The van der Waals surface area contributed by atoms with Gasteiger partial charge in [-0.15, -0.1) is 0 Å². The fraction of sp³-hybridized carbons (Fsp3) is 0.464. The summed E-state index contributed by atoms with van der Waals surface area (Å²) in [5.41, 5.74) is 3.12. The normalized spacial score (nSPS) is 16.3. The molecule has 186 valence electrons. The Morgan fingerprint density at radius 3 is 2.14 bits per heavy atom. The van der Waals surface area contributed by atoms with Gasteiger partial charge < -0.3 is 20.5 Å². The van der Waals surface area contributed by atoms with E-state index < -0.39 is 23.0 Å². The molecule has 7 heteroatoms. The van der Waals surface area contributed by atoms with Gasteiger partial charge in [0.1, 0.15) is 6.61 Å². The molecule has 0 aromatic heterocycles. The number of amides is 2. The van der Waals surface area contributed by atoms with Gasteiger partial charge in [0.2, 0.25) is 5.91 Å². The molecule has 2 aromatic rings. The Labute approximate surface area is 206 Å². The van der Waals surface area contributed by atoms with Gasteiger partial charge in [0.25, 0.3) is 0 Å². The SMILES string of the molecule is CC(C)(CCNC(=O)CC1(NC(=O)OCC2c3ccccc3-c3ccccc32)CCCC1)C(=O)O. The summed E-state index contributed by atoms with van der Waals surface area (Å²) in [6, 6.07) is 16.4. The molecular formula is C28H34N2O5. The van der Waals surface area contributed by atoms with Crippen molar-refractivity contribution < 1.29 is 24.2 Å².